The van der Waals surface area contributed by atoms with Gasteiger partial charge in [0, 0.05) is 31.4 Å². The van der Waals surface area contributed by atoms with E-state index in [0.717, 1.165) is 37.1 Å². The third-order valence-corrected chi connectivity index (χ3v) is 4.68. The van der Waals surface area contributed by atoms with E-state index < -0.39 is 0 Å². The fraction of sp³-hybridized carbons (Fsp3) is 0.304. The summed E-state index contributed by atoms with van der Waals surface area (Å²) in [5.41, 5.74) is 1.62. The van der Waals surface area contributed by atoms with Crippen LogP contribution >= 0.6 is 0 Å². The van der Waals surface area contributed by atoms with E-state index >= 15 is 0 Å². The maximum atomic E-state index is 11.3. The van der Waals surface area contributed by atoms with Crippen LogP contribution in [-0.2, 0) is 4.79 Å². The molecule has 0 saturated carbocycles. The van der Waals surface area contributed by atoms with Crippen LogP contribution in [0.3, 0.4) is 0 Å². The molecule has 0 atom stereocenters. The molecule has 0 aliphatic carbocycles. The molecule has 9 heteroatoms. The molecule has 9 nitrogen and oxygen atoms in total. The molecule has 32 heavy (non-hydrogen) atoms. The minimum atomic E-state index is 0.0837. The molecule has 2 aromatic carbocycles. The average Bonchev–Trinajstić information content (AvgIpc) is 2.80. The summed E-state index contributed by atoms with van der Waals surface area (Å²) in [5, 5.41) is 21.7. The number of carbonyl (C=O) groups is 1. The highest BCUT2D eigenvalue weighted by atomic mass is 16.3. The van der Waals surface area contributed by atoms with Crippen molar-refractivity contribution in [2.24, 2.45) is 0 Å². The van der Waals surface area contributed by atoms with Crippen LogP contribution in [0.5, 0.6) is 5.75 Å². The Morgan fingerprint density at radius 2 is 1.38 bits per heavy atom. The highest BCUT2D eigenvalue weighted by Gasteiger charge is 2.08. The Labute approximate surface area is 187 Å². The summed E-state index contributed by atoms with van der Waals surface area (Å²) >= 11 is 0. The highest BCUT2D eigenvalue weighted by Crippen LogP contribution is 2.20. The molecule has 0 radical (unpaired) electrons. The number of carbonyl (C=O) groups excluding carboxylic acids is 1. The summed E-state index contributed by atoms with van der Waals surface area (Å²) in [7, 11) is 1.66. The van der Waals surface area contributed by atoms with Gasteiger partial charge in [0.2, 0.25) is 23.8 Å². The molecular formula is C23H29N7O2. The van der Waals surface area contributed by atoms with Gasteiger partial charge in [-0.05, 0) is 49.2 Å². The summed E-state index contributed by atoms with van der Waals surface area (Å²) in [6.45, 7) is 0.716. The lowest BCUT2D eigenvalue weighted by Gasteiger charge is -2.11. The number of rotatable bonds is 12. The Hall–Kier alpha value is -3.88. The molecule has 0 saturated heterocycles. The Bertz CT molecular complexity index is 981. The smallest absolute Gasteiger partial charge is 0.233 e. The molecule has 0 fully saturated rings. The molecule has 168 valence electrons. The van der Waals surface area contributed by atoms with E-state index in [1.807, 2.05) is 30.3 Å². The van der Waals surface area contributed by atoms with Crippen LogP contribution in [0.2, 0.25) is 0 Å². The number of phenols is 1. The first-order valence-electron chi connectivity index (χ1n) is 10.7. The molecule has 3 aromatic rings. The fourth-order valence-corrected chi connectivity index (χ4v) is 2.98. The predicted molar refractivity (Wildman–Crippen MR) is 127 cm³/mol. The largest absolute Gasteiger partial charge is 0.508 e. The van der Waals surface area contributed by atoms with Crippen molar-refractivity contribution in [2.45, 2.75) is 32.1 Å². The van der Waals surface area contributed by atoms with Gasteiger partial charge in [0.05, 0.1) is 0 Å². The van der Waals surface area contributed by atoms with Crippen LogP contribution in [-0.4, -0.2) is 39.6 Å². The summed E-state index contributed by atoms with van der Waals surface area (Å²) in [4.78, 5) is 24.6. The van der Waals surface area contributed by atoms with Crippen LogP contribution in [0.15, 0.2) is 54.6 Å². The molecule has 0 bridgehead atoms. The van der Waals surface area contributed by atoms with Crippen LogP contribution in [0, 0.1) is 0 Å². The number of amides is 1. The molecule has 0 aliphatic rings. The Morgan fingerprint density at radius 3 is 2.03 bits per heavy atom. The fourth-order valence-electron chi connectivity index (χ4n) is 2.98. The number of anilines is 5. The molecule has 0 spiro atoms. The van der Waals surface area contributed by atoms with E-state index in [0.29, 0.717) is 30.8 Å². The number of hydrogen-bond acceptors (Lipinski definition) is 8. The summed E-state index contributed by atoms with van der Waals surface area (Å²) in [5.74, 6) is 1.54. The number of phenolic OH excluding ortho intramolecular Hbond substituents is 1. The number of benzene rings is 2. The minimum absolute atomic E-state index is 0.0837. The monoisotopic (exact) mass is 435 g/mol. The number of unbranched alkanes of at least 4 members (excludes halogenated alkanes) is 3. The molecule has 1 heterocycles. The Kier molecular flexibility index (Phi) is 8.61. The van der Waals surface area contributed by atoms with E-state index in [1.165, 1.54) is 0 Å². The third-order valence-electron chi connectivity index (χ3n) is 4.68. The second kappa shape index (κ2) is 12.1. The van der Waals surface area contributed by atoms with Crippen LogP contribution < -0.4 is 21.3 Å². The minimum Gasteiger partial charge on any atom is -0.508 e. The van der Waals surface area contributed by atoms with E-state index in [-0.39, 0.29) is 11.7 Å². The van der Waals surface area contributed by atoms with Gasteiger partial charge in [0.15, 0.2) is 0 Å². The van der Waals surface area contributed by atoms with Gasteiger partial charge < -0.3 is 26.4 Å². The maximum Gasteiger partial charge on any atom is 0.233 e. The van der Waals surface area contributed by atoms with E-state index in [1.54, 1.807) is 31.3 Å². The van der Waals surface area contributed by atoms with Crippen molar-refractivity contribution in [3.63, 3.8) is 0 Å². The van der Waals surface area contributed by atoms with Gasteiger partial charge >= 0.3 is 0 Å². The van der Waals surface area contributed by atoms with E-state index in [2.05, 4.69) is 36.2 Å². The first-order chi connectivity index (χ1) is 15.6. The maximum absolute atomic E-state index is 11.3. The molecule has 3 rings (SSSR count). The topological polar surface area (TPSA) is 124 Å². The van der Waals surface area contributed by atoms with Crippen molar-refractivity contribution in [1.82, 2.24) is 20.3 Å². The van der Waals surface area contributed by atoms with Gasteiger partial charge in [-0.15, -0.1) is 0 Å². The zero-order valence-electron chi connectivity index (χ0n) is 18.1. The molecule has 0 unspecified atom stereocenters. The van der Waals surface area contributed by atoms with Gasteiger partial charge in [-0.1, -0.05) is 31.0 Å². The highest BCUT2D eigenvalue weighted by molar-refractivity contribution is 5.75. The Morgan fingerprint density at radius 1 is 0.781 bits per heavy atom. The number of nitrogens with zero attached hydrogens (tertiary/aromatic N) is 3. The lowest BCUT2D eigenvalue weighted by molar-refractivity contribution is -0.120. The van der Waals surface area contributed by atoms with Gasteiger partial charge in [-0.25, -0.2) is 0 Å². The molecular weight excluding hydrogens is 406 g/mol. The standard InChI is InChI=1S/C23H29N7O2/c1-24-20(32)11-7-2-3-8-16-25-21-28-22(26-17-9-5-4-6-10-17)30-23(29-21)27-18-12-14-19(31)15-13-18/h4-6,9-10,12-15,31H,2-3,7-8,11,16H2,1H3,(H,24,32)(H3,25,26,27,28,29,30). The number of nitrogens with one attached hydrogen (secondary N) is 4. The second-order valence-corrected chi connectivity index (χ2v) is 7.23. The zero-order chi connectivity index (χ0) is 22.6. The molecule has 1 amide bonds. The quantitative estimate of drug-likeness (QED) is 0.212. The SMILES string of the molecule is CNC(=O)CCCCCCNc1nc(Nc2ccccc2)nc(Nc2ccc(O)cc2)n1. The van der Waals surface area contributed by atoms with Crippen molar-refractivity contribution in [2.75, 3.05) is 29.5 Å². The van der Waals surface area contributed by atoms with Crippen LogP contribution in [0.1, 0.15) is 32.1 Å². The van der Waals surface area contributed by atoms with Gasteiger partial charge in [0.1, 0.15) is 5.75 Å². The van der Waals surface area contributed by atoms with Crippen molar-refractivity contribution in [3.05, 3.63) is 54.6 Å². The van der Waals surface area contributed by atoms with Crippen LogP contribution in [0.25, 0.3) is 0 Å². The first kappa shape index (κ1) is 22.8. The van der Waals surface area contributed by atoms with Crippen molar-refractivity contribution in [3.8, 4) is 5.75 Å². The van der Waals surface area contributed by atoms with Crippen molar-refractivity contribution < 1.29 is 9.90 Å². The van der Waals surface area contributed by atoms with Gasteiger partial charge in [-0.3, -0.25) is 4.79 Å². The number of para-hydroxylation sites is 1. The van der Waals surface area contributed by atoms with Gasteiger partial charge in [-0.2, -0.15) is 15.0 Å². The first-order valence-corrected chi connectivity index (χ1v) is 10.7. The van der Waals surface area contributed by atoms with Crippen molar-refractivity contribution in [1.29, 1.82) is 0 Å². The number of hydrogen-bond donors (Lipinski definition) is 5. The van der Waals surface area contributed by atoms with Crippen LogP contribution in [0.4, 0.5) is 29.2 Å². The third kappa shape index (κ3) is 7.75. The molecule has 0 aliphatic heterocycles. The lowest BCUT2D eigenvalue weighted by atomic mass is 10.1. The number of aromatic nitrogens is 3. The normalized spacial score (nSPS) is 10.4. The molecule has 1 aromatic heterocycles. The zero-order valence-corrected chi connectivity index (χ0v) is 18.1. The Balaban J connectivity index is 1.61. The molecule has 5 N–H and O–H groups in total. The summed E-state index contributed by atoms with van der Waals surface area (Å²) in [6, 6.07) is 16.4. The van der Waals surface area contributed by atoms with Crippen molar-refractivity contribution >= 4 is 35.1 Å². The number of aromatic hydroxyl groups is 1. The predicted octanol–water partition coefficient (Wildman–Crippen LogP) is 4.17. The summed E-state index contributed by atoms with van der Waals surface area (Å²) in [6.07, 6.45) is 4.42. The van der Waals surface area contributed by atoms with E-state index in [4.69, 9.17) is 0 Å². The second-order valence-electron chi connectivity index (χ2n) is 7.23. The van der Waals surface area contributed by atoms with Gasteiger partial charge in [0.25, 0.3) is 0 Å². The van der Waals surface area contributed by atoms with E-state index in [9.17, 15) is 9.90 Å². The average molecular weight is 436 g/mol. The lowest BCUT2D eigenvalue weighted by Crippen LogP contribution is -2.16. The summed E-state index contributed by atoms with van der Waals surface area (Å²) < 4.78 is 0.